The average Bonchev–Trinajstić information content (AvgIpc) is 2.38. The molecule has 2 rings (SSSR count). The summed E-state index contributed by atoms with van der Waals surface area (Å²) in [7, 11) is 0. The molecule has 0 aliphatic carbocycles. The van der Waals surface area contributed by atoms with Gasteiger partial charge in [-0.3, -0.25) is 4.90 Å². The molecule has 21 heavy (non-hydrogen) atoms. The van der Waals surface area contributed by atoms with Gasteiger partial charge in [0.15, 0.2) is 0 Å². The molecule has 2 nitrogen and oxygen atoms in total. The minimum atomic E-state index is -0.627. The van der Waals surface area contributed by atoms with Crippen molar-refractivity contribution in [2.75, 3.05) is 32.7 Å². The van der Waals surface area contributed by atoms with E-state index in [1.165, 1.54) is 25.9 Å². The lowest BCUT2D eigenvalue weighted by atomic mass is 9.78. The topological polar surface area (TPSA) is 6.48 Å². The van der Waals surface area contributed by atoms with Crippen LogP contribution in [0.1, 0.15) is 53.9 Å². The monoisotopic (exact) mass is 298 g/mol. The van der Waals surface area contributed by atoms with E-state index in [1.54, 1.807) is 0 Å². The summed E-state index contributed by atoms with van der Waals surface area (Å²) in [6, 6.07) is 0.659. The van der Waals surface area contributed by atoms with Crippen LogP contribution in [0.4, 0.5) is 4.39 Å². The van der Waals surface area contributed by atoms with E-state index in [0.29, 0.717) is 23.9 Å². The van der Waals surface area contributed by atoms with Crippen LogP contribution < -0.4 is 0 Å². The molecule has 0 saturated carbocycles. The number of nitrogens with zero attached hydrogens (tertiary/aromatic N) is 2. The van der Waals surface area contributed by atoms with Crippen LogP contribution >= 0.6 is 0 Å². The van der Waals surface area contributed by atoms with Crippen LogP contribution in [0.5, 0.6) is 0 Å². The summed E-state index contributed by atoms with van der Waals surface area (Å²) >= 11 is 0. The molecule has 124 valence electrons. The molecule has 2 atom stereocenters. The quantitative estimate of drug-likeness (QED) is 0.778. The summed E-state index contributed by atoms with van der Waals surface area (Å²) in [6.45, 7) is 16.5. The van der Waals surface area contributed by atoms with Gasteiger partial charge < -0.3 is 4.90 Å². The van der Waals surface area contributed by atoms with Gasteiger partial charge in [0.2, 0.25) is 0 Å². The number of likely N-dealkylation sites (tertiary alicyclic amines) is 2. The highest BCUT2D eigenvalue weighted by Crippen LogP contribution is 2.35. The van der Waals surface area contributed by atoms with Crippen LogP contribution in [-0.2, 0) is 0 Å². The van der Waals surface area contributed by atoms with Crippen molar-refractivity contribution < 1.29 is 4.39 Å². The van der Waals surface area contributed by atoms with Crippen molar-refractivity contribution in [3.05, 3.63) is 0 Å². The Labute approximate surface area is 131 Å². The van der Waals surface area contributed by atoms with Crippen molar-refractivity contribution in [3.63, 3.8) is 0 Å². The third kappa shape index (κ3) is 4.41. The molecular weight excluding hydrogens is 263 g/mol. The standard InChI is InChI=1S/C18H35FN2/c1-14(2)16-6-9-20(12-17(16)19)13-18(5)7-10-21(11-8-18)15(3)4/h14-17H,6-13H2,1-5H3. The minimum Gasteiger partial charge on any atom is -0.301 e. The Morgan fingerprint density at radius 1 is 1.10 bits per heavy atom. The maximum Gasteiger partial charge on any atom is 0.116 e. The zero-order valence-electron chi connectivity index (χ0n) is 14.7. The SMILES string of the molecule is CC(C)C1CCN(CC2(C)CCN(C(C)C)CC2)CC1F. The van der Waals surface area contributed by atoms with E-state index in [1.807, 2.05) is 0 Å². The van der Waals surface area contributed by atoms with Gasteiger partial charge in [-0.25, -0.2) is 4.39 Å². The van der Waals surface area contributed by atoms with Crippen molar-refractivity contribution in [2.45, 2.75) is 66.1 Å². The molecule has 0 aromatic carbocycles. The fourth-order valence-electron chi connectivity index (χ4n) is 4.16. The van der Waals surface area contributed by atoms with Crippen LogP contribution in [0.2, 0.25) is 0 Å². The van der Waals surface area contributed by atoms with Gasteiger partial charge in [0.05, 0.1) is 0 Å². The summed E-state index contributed by atoms with van der Waals surface area (Å²) in [5.41, 5.74) is 0.385. The van der Waals surface area contributed by atoms with Gasteiger partial charge in [0.1, 0.15) is 6.17 Å². The Kier molecular flexibility index (Phi) is 5.70. The summed E-state index contributed by atoms with van der Waals surface area (Å²) < 4.78 is 14.3. The van der Waals surface area contributed by atoms with E-state index in [4.69, 9.17) is 0 Å². The number of halogens is 1. The van der Waals surface area contributed by atoms with Crippen molar-refractivity contribution in [1.29, 1.82) is 0 Å². The molecule has 0 radical (unpaired) electrons. The van der Waals surface area contributed by atoms with Crippen molar-refractivity contribution in [1.82, 2.24) is 9.80 Å². The normalized spacial score (nSPS) is 32.0. The Morgan fingerprint density at radius 2 is 1.71 bits per heavy atom. The highest BCUT2D eigenvalue weighted by Gasteiger charge is 2.36. The van der Waals surface area contributed by atoms with E-state index in [-0.39, 0.29) is 5.92 Å². The van der Waals surface area contributed by atoms with Crippen LogP contribution in [0.3, 0.4) is 0 Å². The lowest BCUT2D eigenvalue weighted by Crippen LogP contribution is -2.50. The molecule has 2 fully saturated rings. The number of piperidine rings is 2. The van der Waals surface area contributed by atoms with E-state index in [0.717, 1.165) is 19.5 Å². The van der Waals surface area contributed by atoms with E-state index < -0.39 is 6.17 Å². The fourth-order valence-corrected chi connectivity index (χ4v) is 4.16. The first-order valence-electron chi connectivity index (χ1n) is 8.91. The first kappa shape index (κ1) is 17.2. The van der Waals surface area contributed by atoms with Gasteiger partial charge in [-0.2, -0.15) is 0 Å². The maximum absolute atomic E-state index is 14.3. The first-order valence-corrected chi connectivity index (χ1v) is 8.91. The van der Waals surface area contributed by atoms with Gasteiger partial charge in [-0.1, -0.05) is 20.8 Å². The number of rotatable bonds is 4. The second kappa shape index (κ2) is 6.95. The molecule has 2 aliphatic heterocycles. The van der Waals surface area contributed by atoms with Gasteiger partial charge in [0.25, 0.3) is 0 Å². The predicted octanol–water partition coefficient (Wildman–Crippen LogP) is 3.81. The number of alkyl halides is 1. The molecule has 3 heteroatoms. The lowest BCUT2D eigenvalue weighted by Gasteiger charge is -2.45. The van der Waals surface area contributed by atoms with E-state index in [2.05, 4.69) is 44.4 Å². The Hall–Kier alpha value is -0.150. The molecule has 0 amide bonds. The molecule has 0 spiro atoms. The van der Waals surface area contributed by atoms with E-state index in [9.17, 15) is 4.39 Å². The summed E-state index contributed by atoms with van der Waals surface area (Å²) in [5, 5.41) is 0. The van der Waals surface area contributed by atoms with Gasteiger partial charge in [-0.15, -0.1) is 0 Å². The second-order valence-electron chi connectivity index (χ2n) is 8.39. The first-order chi connectivity index (χ1) is 9.81. The fraction of sp³-hybridized carbons (Fsp3) is 1.00. The zero-order chi connectivity index (χ0) is 15.6. The lowest BCUT2D eigenvalue weighted by molar-refractivity contribution is 0.0137. The third-order valence-corrected chi connectivity index (χ3v) is 5.87. The Bertz CT molecular complexity index is 321. The zero-order valence-corrected chi connectivity index (χ0v) is 14.7. The molecular formula is C18H35FN2. The largest absolute Gasteiger partial charge is 0.301 e. The summed E-state index contributed by atoms with van der Waals surface area (Å²) in [4.78, 5) is 4.97. The average molecular weight is 298 g/mol. The second-order valence-corrected chi connectivity index (χ2v) is 8.39. The van der Waals surface area contributed by atoms with Crippen molar-refractivity contribution >= 4 is 0 Å². The third-order valence-electron chi connectivity index (χ3n) is 5.87. The van der Waals surface area contributed by atoms with Crippen LogP contribution in [0.25, 0.3) is 0 Å². The van der Waals surface area contributed by atoms with Crippen molar-refractivity contribution in [2.24, 2.45) is 17.3 Å². The maximum atomic E-state index is 14.3. The molecule has 0 aromatic rings. The number of hydrogen-bond donors (Lipinski definition) is 0. The summed E-state index contributed by atoms with van der Waals surface area (Å²) in [5.74, 6) is 0.754. The Morgan fingerprint density at radius 3 is 2.19 bits per heavy atom. The van der Waals surface area contributed by atoms with Crippen molar-refractivity contribution in [3.8, 4) is 0 Å². The molecule has 2 unspecified atom stereocenters. The highest BCUT2D eigenvalue weighted by molar-refractivity contribution is 4.89. The molecule has 2 heterocycles. The molecule has 0 aromatic heterocycles. The Balaban J connectivity index is 1.83. The van der Waals surface area contributed by atoms with Gasteiger partial charge in [-0.05, 0) is 70.0 Å². The van der Waals surface area contributed by atoms with E-state index >= 15 is 0 Å². The van der Waals surface area contributed by atoms with Crippen LogP contribution in [0.15, 0.2) is 0 Å². The summed E-state index contributed by atoms with van der Waals surface area (Å²) in [6.07, 6.45) is 2.92. The predicted molar refractivity (Wildman–Crippen MR) is 88.3 cm³/mol. The van der Waals surface area contributed by atoms with Gasteiger partial charge >= 0.3 is 0 Å². The molecule has 2 saturated heterocycles. The molecule has 0 N–H and O–H groups in total. The number of hydrogen-bond acceptors (Lipinski definition) is 2. The molecule has 2 aliphatic rings. The minimum absolute atomic E-state index is 0.275. The molecule has 0 bridgehead atoms. The smallest absolute Gasteiger partial charge is 0.116 e. The van der Waals surface area contributed by atoms with Crippen LogP contribution in [-0.4, -0.2) is 54.7 Å². The highest BCUT2D eigenvalue weighted by atomic mass is 19.1. The van der Waals surface area contributed by atoms with Crippen LogP contribution in [0, 0.1) is 17.3 Å². The van der Waals surface area contributed by atoms with Gasteiger partial charge in [0, 0.05) is 19.1 Å².